The van der Waals surface area contributed by atoms with Crippen LogP contribution < -0.4 is 10.2 Å². The molecule has 4 nitrogen and oxygen atoms in total. The Kier molecular flexibility index (Phi) is 6.23. The second kappa shape index (κ2) is 7.22. The molecule has 0 radical (unpaired) electrons. The summed E-state index contributed by atoms with van der Waals surface area (Å²) in [6.07, 6.45) is 1.17. The van der Waals surface area contributed by atoms with Gasteiger partial charge in [-0.3, -0.25) is 0 Å². The fourth-order valence-corrected chi connectivity index (χ4v) is 2.45. The summed E-state index contributed by atoms with van der Waals surface area (Å²) in [5.41, 5.74) is 1.27. The molecule has 0 fully saturated rings. The molecule has 19 heavy (non-hydrogen) atoms. The molecule has 0 atom stereocenters. The van der Waals surface area contributed by atoms with E-state index in [9.17, 15) is 0 Å². The van der Waals surface area contributed by atoms with E-state index in [1.54, 1.807) is 11.3 Å². The summed E-state index contributed by atoms with van der Waals surface area (Å²) in [6, 6.07) is 0. The molecule has 0 unspecified atom stereocenters. The number of aromatic nitrogens is 1. The van der Waals surface area contributed by atoms with Crippen molar-refractivity contribution in [2.75, 3.05) is 39.1 Å². The highest BCUT2D eigenvalue weighted by atomic mass is 32.1. The molecular weight excluding hydrogens is 256 g/mol. The topological polar surface area (TPSA) is 31.4 Å². The minimum atomic E-state index is 0.140. The Bertz CT molecular complexity index is 368. The normalized spacial score (nSPS) is 12.2. The highest BCUT2D eigenvalue weighted by Crippen LogP contribution is 2.19. The van der Waals surface area contributed by atoms with E-state index in [2.05, 4.69) is 67.4 Å². The maximum atomic E-state index is 4.68. The van der Waals surface area contributed by atoms with E-state index in [-0.39, 0.29) is 5.54 Å². The van der Waals surface area contributed by atoms with Gasteiger partial charge in [0, 0.05) is 31.1 Å². The van der Waals surface area contributed by atoms with Crippen LogP contribution in [0.3, 0.4) is 0 Å². The summed E-state index contributed by atoms with van der Waals surface area (Å²) in [5, 5.41) is 6.73. The zero-order valence-corrected chi connectivity index (χ0v) is 14.0. The first kappa shape index (κ1) is 16.4. The van der Waals surface area contributed by atoms with E-state index in [0.717, 1.165) is 30.5 Å². The van der Waals surface area contributed by atoms with Crippen molar-refractivity contribution >= 4 is 16.5 Å². The second-order valence-corrected chi connectivity index (χ2v) is 7.14. The first-order valence-electron chi connectivity index (χ1n) is 6.83. The second-order valence-electron chi connectivity index (χ2n) is 6.30. The highest BCUT2D eigenvalue weighted by Gasteiger charge is 2.11. The molecule has 1 aromatic heterocycles. The van der Waals surface area contributed by atoms with Crippen molar-refractivity contribution in [1.82, 2.24) is 15.2 Å². The number of thiazole rings is 1. The average molecular weight is 284 g/mol. The van der Waals surface area contributed by atoms with Crippen LogP contribution in [0.4, 0.5) is 5.13 Å². The molecule has 110 valence electrons. The van der Waals surface area contributed by atoms with Crippen molar-refractivity contribution in [3.63, 3.8) is 0 Å². The van der Waals surface area contributed by atoms with Gasteiger partial charge >= 0.3 is 0 Å². The number of hydrogen-bond donors (Lipinski definition) is 1. The molecule has 0 saturated carbocycles. The van der Waals surface area contributed by atoms with Crippen LogP contribution in [0.25, 0.3) is 0 Å². The molecule has 1 rings (SSSR count). The third-order valence-corrected chi connectivity index (χ3v) is 3.77. The van der Waals surface area contributed by atoms with Gasteiger partial charge in [0.2, 0.25) is 0 Å². The van der Waals surface area contributed by atoms with E-state index in [1.807, 2.05) is 0 Å². The molecule has 0 aliphatic heterocycles. The van der Waals surface area contributed by atoms with Crippen LogP contribution in [0.5, 0.6) is 0 Å². The smallest absolute Gasteiger partial charge is 0.185 e. The van der Waals surface area contributed by atoms with Gasteiger partial charge in [-0.25, -0.2) is 4.98 Å². The maximum Gasteiger partial charge on any atom is 0.185 e. The molecule has 0 spiro atoms. The first-order valence-corrected chi connectivity index (χ1v) is 7.71. The van der Waals surface area contributed by atoms with Crippen LogP contribution >= 0.6 is 11.3 Å². The van der Waals surface area contributed by atoms with Gasteiger partial charge in [0.25, 0.3) is 0 Å². The summed E-state index contributed by atoms with van der Waals surface area (Å²) in [4.78, 5) is 9.14. The number of anilines is 1. The van der Waals surface area contributed by atoms with Crippen LogP contribution in [-0.2, 0) is 6.54 Å². The van der Waals surface area contributed by atoms with Gasteiger partial charge in [-0.05, 0) is 47.8 Å². The summed E-state index contributed by atoms with van der Waals surface area (Å²) in [6.45, 7) is 9.53. The Morgan fingerprint density at radius 2 is 1.89 bits per heavy atom. The van der Waals surface area contributed by atoms with E-state index < -0.39 is 0 Å². The van der Waals surface area contributed by atoms with Crippen molar-refractivity contribution in [2.24, 2.45) is 0 Å². The van der Waals surface area contributed by atoms with E-state index >= 15 is 0 Å². The van der Waals surface area contributed by atoms with Crippen LogP contribution in [0.15, 0.2) is 5.38 Å². The minimum Gasteiger partial charge on any atom is -0.351 e. The van der Waals surface area contributed by atoms with Gasteiger partial charge in [-0.2, -0.15) is 0 Å². The van der Waals surface area contributed by atoms with Gasteiger partial charge in [0.1, 0.15) is 0 Å². The summed E-state index contributed by atoms with van der Waals surface area (Å²) >= 11 is 1.73. The highest BCUT2D eigenvalue weighted by molar-refractivity contribution is 7.13. The standard InChI is InChI=1S/C14H28N4S/c1-14(2,3)15-10-12-11-19-13(16-12)18(6)9-7-8-17(4)5/h11,15H,7-10H2,1-6H3. The molecule has 0 aliphatic rings. The minimum absolute atomic E-state index is 0.140. The van der Waals surface area contributed by atoms with Crippen molar-refractivity contribution in [3.05, 3.63) is 11.1 Å². The van der Waals surface area contributed by atoms with Gasteiger partial charge in [-0.15, -0.1) is 11.3 Å². The number of rotatable bonds is 7. The summed E-state index contributed by atoms with van der Waals surface area (Å²) in [7, 11) is 6.34. The van der Waals surface area contributed by atoms with Gasteiger partial charge in [0.15, 0.2) is 5.13 Å². The molecule has 0 aliphatic carbocycles. The third kappa shape index (κ3) is 6.89. The molecule has 1 N–H and O–H groups in total. The number of hydrogen-bond acceptors (Lipinski definition) is 5. The van der Waals surface area contributed by atoms with Gasteiger partial charge in [0.05, 0.1) is 5.69 Å². The van der Waals surface area contributed by atoms with Gasteiger partial charge < -0.3 is 15.1 Å². The maximum absolute atomic E-state index is 4.68. The Hall–Kier alpha value is -0.650. The molecule has 0 aromatic carbocycles. The quantitative estimate of drug-likeness (QED) is 0.833. The van der Waals surface area contributed by atoms with Crippen molar-refractivity contribution in [2.45, 2.75) is 39.3 Å². The van der Waals surface area contributed by atoms with E-state index in [4.69, 9.17) is 0 Å². The lowest BCUT2D eigenvalue weighted by Gasteiger charge is -2.19. The average Bonchev–Trinajstić information content (AvgIpc) is 2.73. The fourth-order valence-electron chi connectivity index (χ4n) is 1.63. The summed E-state index contributed by atoms with van der Waals surface area (Å²) < 4.78 is 0. The fraction of sp³-hybridized carbons (Fsp3) is 0.786. The molecule has 1 heterocycles. The Balaban J connectivity index is 2.40. The number of nitrogens with zero attached hydrogens (tertiary/aromatic N) is 3. The molecule has 5 heteroatoms. The van der Waals surface area contributed by atoms with Crippen molar-refractivity contribution < 1.29 is 0 Å². The largest absolute Gasteiger partial charge is 0.351 e. The molecule has 0 bridgehead atoms. The molecule has 0 saturated heterocycles. The Morgan fingerprint density at radius 1 is 1.21 bits per heavy atom. The first-order chi connectivity index (χ1) is 8.78. The molecular formula is C14H28N4S. The predicted molar refractivity (Wildman–Crippen MR) is 85.1 cm³/mol. The lowest BCUT2D eigenvalue weighted by Crippen LogP contribution is -2.35. The zero-order valence-electron chi connectivity index (χ0n) is 13.2. The SMILES string of the molecule is CN(C)CCCN(C)c1nc(CNC(C)(C)C)cs1. The lowest BCUT2D eigenvalue weighted by atomic mass is 10.1. The molecule has 1 aromatic rings. The third-order valence-electron chi connectivity index (χ3n) is 2.76. The predicted octanol–water partition coefficient (Wildman–Crippen LogP) is 2.42. The van der Waals surface area contributed by atoms with Crippen LogP contribution in [0.1, 0.15) is 32.9 Å². The van der Waals surface area contributed by atoms with Crippen LogP contribution in [0, 0.1) is 0 Å². The van der Waals surface area contributed by atoms with Crippen molar-refractivity contribution in [3.8, 4) is 0 Å². The molecule has 0 amide bonds. The van der Waals surface area contributed by atoms with E-state index in [0.29, 0.717) is 0 Å². The van der Waals surface area contributed by atoms with Crippen molar-refractivity contribution in [1.29, 1.82) is 0 Å². The Labute approximate surface area is 121 Å². The lowest BCUT2D eigenvalue weighted by molar-refractivity contribution is 0.401. The van der Waals surface area contributed by atoms with Gasteiger partial charge in [-0.1, -0.05) is 0 Å². The van der Waals surface area contributed by atoms with Crippen LogP contribution in [-0.4, -0.2) is 49.7 Å². The monoisotopic (exact) mass is 284 g/mol. The Morgan fingerprint density at radius 3 is 2.47 bits per heavy atom. The summed E-state index contributed by atoms with van der Waals surface area (Å²) in [5.74, 6) is 0. The van der Waals surface area contributed by atoms with E-state index in [1.165, 1.54) is 6.42 Å². The van der Waals surface area contributed by atoms with Crippen LogP contribution in [0.2, 0.25) is 0 Å². The number of nitrogens with one attached hydrogen (secondary N) is 1. The zero-order chi connectivity index (χ0) is 14.5.